The molecule has 0 bridgehead atoms. The number of amides is 1. The number of hydrogen-bond donors (Lipinski definition) is 2. The lowest BCUT2D eigenvalue weighted by atomic mass is 9.88. The van der Waals surface area contributed by atoms with E-state index >= 15 is 0 Å². The second-order valence-electron chi connectivity index (χ2n) is 10.5. The SMILES string of the molecule is CCOC(=O)N1CCc2c(cccc2S(=O)(=O)NCCC2(O)CCN(CCc3coc4ccccc34)CC2)C1. The van der Waals surface area contributed by atoms with E-state index in [0.29, 0.717) is 45.4 Å². The fraction of sp³-hybridized carbons (Fsp3) is 0.483. The Labute approximate surface area is 229 Å². The summed E-state index contributed by atoms with van der Waals surface area (Å²) in [6, 6.07) is 13.2. The number of para-hydroxylation sites is 1. The lowest BCUT2D eigenvalue weighted by Gasteiger charge is -2.38. The average molecular weight is 556 g/mol. The van der Waals surface area contributed by atoms with Crippen molar-refractivity contribution in [2.24, 2.45) is 0 Å². The van der Waals surface area contributed by atoms with Crippen LogP contribution in [-0.4, -0.2) is 74.3 Å². The Morgan fingerprint density at radius 1 is 1.13 bits per heavy atom. The topological polar surface area (TPSA) is 112 Å². The molecule has 0 unspecified atom stereocenters. The van der Waals surface area contributed by atoms with Gasteiger partial charge in [0.1, 0.15) is 5.58 Å². The minimum atomic E-state index is -3.75. The van der Waals surface area contributed by atoms with Gasteiger partial charge < -0.3 is 24.1 Å². The number of benzene rings is 2. The average Bonchev–Trinajstić information content (AvgIpc) is 3.35. The van der Waals surface area contributed by atoms with Crippen molar-refractivity contribution in [1.82, 2.24) is 14.5 Å². The third kappa shape index (κ3) is 6.30. The van der Waals surface area contributed by atoms with Crippen LogP contribution in [0.1, 0.15) is 42.9 Å². The number of hydrogen-bond acceptors (Lipinski definition) is 7. The molecular weight excluding hydrogens is 518 g/mol. The lowest BCUT2D eigenvalue weighted by molar-refractivity contribution is -0.0258. The van der Waals surface area contributed by atoms with Gasteiger partial charge in [-0.25, -0.2) is 17.9 Å². The smallest absolute Gasteiger partial charge is 0.410 e. The van der Waals surface area contributed by atoms with Gasteiger partial charge >= 0.3 is 6.09 Å². The van der Waals surface area contributed by atoms with E-state index in [-0.39, 0.29) is 17.5 Å². The molecule has 0 aliphatic carbocycles. The number of rotatable bonds is 9. The van der Waals surface area contributed by atoms with Gasteiger partial charge in [-0.3, -0.25) is 0 Å². The van der Waals surface area contributed by atoms with Crippen molar-refractivity contribution in [2.45, 2.75) is 56.1 Å². The highest BCUT2D eigenvalue weighted by molar-refractivity contribution is 7.89. The predicted octanol–water partition coefficient (Wildman–Crippen LogP) is 3.69. The molecule has 3 heterocycles. The Kier molecular flexibility index (Phi) is 8.27. The van der Waals surface area contributed by atoms with Crippen LogP contribution in [0.2, 0.25) is 0 Å². The molecule has 0 spiro atoms. The minimum absolute atomic E-state index is 0.165. The third-order valence-electron chi connectivity index (χ3n) is 7.97. The van der Waals surface area contributed by atoms with Gasteiger partial charge in [0.25, 0.3) is 0 Å². The molecule has 39 heavy (non-hydrogen) atoms. The number of ether oxygens (including phenoxy) is 1. The van der Waals surface area contributed by atoms with Gasteiger partial charge in [-0.15, -0.1) is 0 Å². The van der Waals surface area contributed by atoms with Crippen LogP contribution >= 0.6 is 0 Å². The normalized spacial score (nSPS) is 17.7. The first-order chi connectivity index (χ1) is 18.8. The summed E-state index contributed by atoms with van der Waals surface area (Å²) >= 11 is 0. The first kappa shape index (κ1) is 27.6. The van der Waals surface area contributed by atoms with Gasteiger partial charge in [0.05, 0.1) is 23.4 Å². The van der Waals surface area contributed by atoms with E-state index in [9.17, 15) is 18.3 Å². The van der Waals surface area contributed by atoms with E-state index in [0.717, 1.165) is 48.2 Å². The zero-order valence-corrected chi connectivity index (χ0v) is 23.2. The third-order valence-corrected chi connectivity index (χ3v) is 9.51. The number of carbonyl (C=O) groups is 1. The molecule has 2 aliphatic heterocycles. The van der Waals surface area contributed by atoms with E-state index in [1.807, 2.05) is 30.5 Å². The molecule has 1 saturated heterocycles. The van der Waals surface area contributed by atoms with Crippen molar-refractivity contribution in [3.05, 3.63) is 65.4 Å². The molecule has 5 rings (SSSR count). The molecule has 0 saturated carbocycles. The minimum Gasteiger partial charge on any atom is -0.464 e. The Bertz CT molecular complexity index is 1410. The predicted molar refractivity (Wildman–Crippen MR) is 148 cm³/mol. The monoisotopic (exact) mass is 555 g/mol. The molecule has 9 nitrogen and oxygen atoms in total. The maximum atomic E-state index is 13.2. The molecule has 210 valence electrons. The van der Waals surface area contributed by atoms with E-state index in [4.69, 9.17) is 9.15 Å². The molecule has 10 heteroatoms. The number of fused-ring (bicyclic) bond motifs is 2. The van der Waals surface area contributed by atoms with Crippen molar-refractivity contribution in [3.8, 4) is 0 Å². The Balaban J connectivity index is 1.11. The molecule has 1 fully saturated rings. The summed E-state index contributed by atoms with van der Waals surface area (Å²) < 4.78 is 39.8. The van der Waals surface area contributed by atoms with E-state index in [2.05, 4.69) is 15.7 Å². The number of piperidine rings is 1. The molecule has 1 aromatic heterocycles. The number of likely N-dealkylation sites (tertiary alicyclic amines) is 1. The van der Waals surface area contributed by atoms with Crippen molar-refractivity contribution >= 4 is 27.1 Å². The van der Waals surface area contributed by atoms with Crippen molar-refractivity contribution in [3.63, 3.8) is 0 Å². The zero-order valence-electron chi connectivity index (χ0n) is 22.4. The summed E-state index contributed by atoms with van der Waals surface area (Å²) in [4.78, 5) is 16.3. The molecule has 1 amide bonds. The maximum absolute atomic E-state index is 13.2. The molecule has 0 atom stereocenters. The number of carbonyl (C=O) groups excluding carboxylic acids is 1. The number of nitrogens with zero attached hydrogens (tertiary/aromatic N) is 2. The summed E-state index contributed by atoms with van der Waals surface area (Å²) in [5.74, 6) is 0. The van der Waals surface area contributed by atoms with Crippen LogP contribution in [0, 0.1) is 0 Å². The van der Waals surface area contributed by atoms with Crippen LogP contribution in [0.3, 0.4) is 0 Å². The highest BCUT2D eigenvalue weighted by Crippen LogP contribution is 2.29. The van der Waals surface area contributed by atoms with Gasteiger partial charge in [0.15, 0.2) is 0 Å². The Morgan fingerprint density at radius 2 is 1.92 bits per heavy atom. The fourth-order valence-corrected chi connectivity index (χ4v) is 6.98. The first-order valence-corrected chi connectivity index (χ1v) is 15.2. The van der Waals surface area contributed by atoms with Gasteiger partial charge in [-0.2, -0.15) is 0 Å². The zero-order chi connectivity index (χ0) is 27.5. The van der Waals surface area contributed by atoms with Gasteiger partial charge in [-0.05, 0) is 67.9 Å². The second kappa shape index (κ2) is 11.7. The Morgan fingerprint density at radius 3 is 2.72 bits per heavy atom. The summed E-state index contributed by atoms with van der Waals surface area (Å²) in [5, 5.41) is 12.3. The van der Waals surface area contributed by atoms with Gasteiger partial charge in [-0.1, -0.05) is 30.3 Å². The van der Waals surface area contributed by atoms with Crippen LogP contribution in [0.15, 0.2) is 58.0 Å². The van der Waals surface area contributed by atoms with Crippen molar-refractivity contribution in [2.75, 3.05) is 39.3 Å². The Hall–Kier alpha value is -2.92. The molecular formula is C29H37N3O6S. The number of furan rings is 1. The number of nitrogens with one attached hydrogen (secondary N) is 1. The van der Waals surface area contributed by atoms with Crippen molar-refractivity contribution in [1.29, 1.82) is 0 Å². The summed E-state index contributed by atoms with van der Waals surface area (Å²) in [5.41, 5.74) is 2.75. The lowest BCUT2D eigenvalue weighted by Crippen LogP contribution is -2.46. The highest BCUT2D eigenvalue weighted by Gasteiger charge is 2.33. The number of sulfonamides is 1. The van der Waals surface area contributed by atoms with Gasteiger partial charge in [0.2, 0.25) is 10.0 Å². The molecule has 0 radical (unpaired) electrons. The van der Waals surface area contributed by atoms with Crippen LogP contribution < -0.4 is 4.72 Å². The van der Waals surface area contributed by atoms with Crippen molar-refractivity contribution < 1.29 is 27.5 Å². The highest BCUT2D eigenvalue weighted by atomic mass is 32.2. The van der Waals surface area contributed by atoms with Crippen LogP contribution in [0.5, 0.6) is 0 Å². The van der Waals surface area contributed by atoms with Crippen LogP contribution in [0.4, 0.5) is 4.79 Å². The van der Waals surface area contributed by atoms with E-state index in [1.165, 1.54) is 5.56 Å². The van der Waals surface area contributed by atoms with E-state index < -0.39 is 15.6 Å². The van der Waals surface area contributed by atoms with Gasteiger partial charge in [0, 0.05) is 44.7 Å². The second-order valence-corrected chi connectivity index (χ2v) is 12.2. The standard InChI is InChI=1S/C29H37N3O6S/c1-2-37-28(33)32-17-11-25-22(20-32)6-5-9-27(25)39(35,36)30-15-12-29(34)13-18-31(19-14-29)16-10-23-21-38-26-8-4-3-7-24(23)26/h3-9,21,30,34H,2,10-20H2,1H3. The molecule has 2 aliphatic rings. The summed E-state index contributed by atoms with van der Waals surface area (Å²) in [7, 11) is -3.75. The largest absolute Gasteiger partial charge is 0.464 e. The molecule has 3 aromatic rings. The molecule has 2 N–H and O–H groups in total. The molecule has 2 aromatic carbocycles. The quantitative estimate of drug-likeness (QED) is 0.414. The van der Waals surface area contributed by atoms with Crippen LogP contribution in [-0.2, 0) is 34.1 Å². The fourth-order valence-electron chi connectivity index (χ4n) is 5.64. The van der Waals surface area contributed by atoms with Crippen LogP contribution in [0.25, 0.3) is 11.0 Å². The number of aliphatic hydroxyl groups is 1. The van der Waals surface area contributed by atoms with E-state index in [1.54, 1.807) is 24.0 Å². The first-order valence-electron chi connectivity index (χ1n) is 13.7. The maximum Gasteiger partial charge on any atom is 0.410 e. The summed E-state index contributed by atoms with van der Waals surface area (Å²) in [6.45, 7) is 5.38. The summed E-state index contributed by atoms with van der Waals surface area (Å²) in [6.07, 6.45) is 4.34.